The lowest BCUT2D eigenvalue weighted by Crippen LogP contribution is -1.99. The molecule has 2 aromatic heterocycles. The van der Waals surface area contributed by atoms with E-state index in [1.54, 1.807) is 11.3 Å². The highest BCUT2D eigenvalue weighted by Crippen LogP contribution is 2.33. The Kier molecular flexibility index (Phi) is 2.60. The first-order valence-corrected chi connectivity index (χ1v) is 6.45. The van der Waals surface area contributed by atoms with Gasteiger partial charge in [-0.2, -0.15) is 0 Å². The number of nitrogen functional groups attached to an aromatic ring is 1. The van der Waals surface area contributed by atoms with E-state index in [9.17, 15) is 0 Å². The van der Waals surface area contributed by atoms with E-state index < -0.39 is 0 Å². The van der Waals surface area contributed by atoms with E-state index in [0.717, 1.165) is 18.0 Å². The molecule has 17 heavy (non-hydrogen) atoms. The van der Waals surface area contributed by atoms with E-state index in [1.807, 2.05) is 0 Å². The fourth-order valence-electron chi connectivity index (χ4n) is 1.82. The van der Waals surface area contributed by atoms with Crippen LogP contribution in [0.2, 0.25) is 5.02 Å². The normalized spacial score (nSPS) is 13.7. The topological polar surface area (TPSA) is 76.7 Å². The number of halogens is 1. The van der Waals surface area contributed by atoms with Gasteiger partial charge < -0.3 is 11.1 Å². The van der Waals surface area contributed by atoms with Crippen LogP contribution in [0, 0.1) is 0 Å². The summed E-state index contributed by atoms with van der Waals surface area (Å²) in [5.41, 5.74) is 6.80. The number of hydrogen-bond acceptors (Lipinski definition) is 6. The minimum atomic E-state index is 0.272. The lowest BCUT2D eigenvalue weighted by molar-refractivity contribution is 0.900. The van der Waals surface area contributed by atoms with Crippen molar-refractivity contribution in [3.8, 4) is 0 Å². The lowest BCUT2D eigenvalue weighted by atomic mass is 10.4. The van der Waals surface area contributed by atoms with Crippen molar-refractivity contribution in [2.75, 3.05) is 11.1 Å². The molecule has 0 saturated carbocycles. The Bertz CT molecular complexity index is 546. The van der Waals surface area contributed by atoms with Crippen LogP contribution >= 0.6 is 22.9 Å². The summed E-state index contributed by atoms with van der Waals surface area (Å²) in [7, 11) is 0. The zero-order valence-electron chi connectivity index (χ0n) is 8.90. The molecule has 1 aliphatic rings. The van der Waals surface area contributed by atoms with Gasteiger partial charge in [-0.1, -0.05) is 11.6 Å². The number of nitrogens with zero attached hydrogens (tertiary/aromatic N) is 3. The number of rotatable bonds is 2. The molecule has 0 aromatic carbocycles. The average molecular weight is 268 g/mol. The number of fused-ring (bicyclic) bond motifs is 1. The van der Waals surface area contributed by atoms with Crippen LogP contribution in [0.1, 0.15) is 17.0 Å². The van der Waals surface area contributed by atoms with Gasteiger partial charge in [0.25, 0.3) is 0 Å². The number of nitrogens with one attached hydrogen (secondary N) is 1. The second-order valence-electron chi connectivity index (χ2n) is 3.79. The molecule has 88 valence electrons. The molecule has 0 amide bonds. The van der Waals surface area contributed by atoms with Crippen molar-refractivity contribution in [1.29, 1.82) is 0 Å². The highest BCUT2D eigenvalue weighted by molar-refractivity contribution is 7.15. The van der Waals surface area contributed by atoms with E-state index in [2.05, 4.69) is 20.3 Å². The first-order valence-electron chi connectivity index (χ1n) is 5.25. The van der Waals surface area contributed by atoms with E-state index >= 15 is 0 Å². The van der Waals surface area contributed by atoms with Crippen molar-refractivity contribution in [3.63, 3.8) is 0 Å². The third-order valence-corrected chi connectivity index (χ3v) is 4.08. The standard InChI is InChI=1S/C10H10ClN5S/c11-7-8(12)13-4-14-9(7)16-10-15-5-2-1-3-6(5)17-10/h4H,1-3H2,(H3,12,13,14,15,16). The van der Waals surface area contributed by atoms with Gasteiger partial charge in [0, 0.05) is 4.88 Å². The minimum absolute atomic E-state index is 0.272. The Hall–Kier alpha value is -1.40. The number of thiazole rings is 1. The number of aromatic nitrogens is 3. The summed E-state index contributed by atoms with van der Waals surface area (Å²) >= 11 is 7.65. The summed E-state index contributed by atoms with van der Waals surface area (Å²) in [6, 6.07) is 0. The fraction of sp³-hybridized carbons (Fsp3) is 0.300. The van der Waals surface area contributed by atoms with Crippen molar-refractivity contribution in [1.82, 2.24) is 15.0 Å². The molecular formula is C10H10ClN5S. The zero-order valence-corrected chi connectivity index (χ0v) is 10.5. The van der Waals surface area contributed by atoms with Gasteiger partial charge in [0.05, 0.1) is 5.69 Å². The molecule has 0 atom stereocenters. The summed E-state index contributed by atoms with van der Waals surface area (Å²) in [6.07, 6.45) is 4.77. The highest BCUT2D eigenvalue weighted by atomic mass is 35.5. The summed E-state index contributed by atoms with van der Waals surface area (Å²) in [4.78, 5) is 13.7. The SMILES string of the molecule is Nc1ncnc(Nc2nc3c(s2)CCC3)c1Cl. The lowest BCUT2D eigenvalue weighted by Gasteiger charge is -2.04. The molecule has 1 aliphatic carbocycles. The quantitative estimate of drug-likeness (QED) is 0.874. The number of aryl methyl sites for hydroxylation is 2. The van der Waals surface area contributed by atoms with Crippen LogP contribution in [0.5, 0.6) is 0 Å². The molecule has 2 aromatic rings. The van der Waals surface area contributed by atoms with Crippen LogP contribution in [0.25, 0.3) is 0 Å². The smallest absolute Gasteiger partial charge is 0.188 e. The van der Waals surface area contributed by atoms with Crippen molar-refractivity contribution in [2.24, 2.45) is 0 Å². The molecule has 0 fully saturated rings. The maximum Gasteiger partial charge on any atom is 0.188 e. The van der Waals surface area contributed by atoms with Gasteiger partial charge in [0.2, 0.25) is 0 Å². The second kappa shape index (κ2) is 4.12. The Morgan fingerprint density at radius 3 is 3.06 bits per heavy atom. The van der Waals surface area contributed by atoms with Gasteiger partial charge in [-0.15, -0.1) is 11.3 Å². The molecule has 2 heterocycles. The Balaban J connectivity index is 1.89. The van der Waals surface area contributed by atoms with Gasteiger partial charge in [-0.25, -0.2) is 15.0 Å². The predicted molar refractivity (Wildman–Crippen MR) is 68.9 cm³/mol. The van der Waals surface area contributed by atoms with E-state index in [-0.39, 0.29) is 5.82 Å². The van der Waals surface area contributed by atoms with Crippen molar-refractivity contribution in [2.45, 2.75) is 19.3 Å². The molecule has 0 spiro atoms. The second-order valence-corrected chi connectivity index (χ2v) is 5.25. The third-order valence-electron chi connectivity index (χ3n) is 2.64. The number of anilines is 3. The van der Waals surface area contributed by atoms with Crippen LogP contribution in [0.15, 0.2) is 6.33 Å². The molecule has 0 radical (unpaired) electrons. The van der Waals surface area contributed by atoms with Crippen molar-refractivity contribution < 1.29 is 0 Å². The summed E-state index contributed by atoms with van der Waals surface area (Å²) in [6.45, 7) is 0. The number of nitrogens with two attached hydrogens (primary N) is 1. The molecular weight excluding hydrogens is 258 g/mol. The average Bonchev–Trinajstić information content (AvgIpc) is 2.85. The molecule has 3 rings (SSSR count). The van der Waals surface area contributed by atoms with Crippen LogP contribution in [-0.2, 0) is 12.8 Å². The molecule has 0 aliphatic heterocycles. The van der Waals surface area contributed by atoms with E-state index in [0.29, 0.717) is 10.8 Å². The van der Waals surface area contributed by atoms with Crippen molar-refractivity contribution >= 4 is 39.7 Å². The Morgan fingerprint density at radius 1 is 1.35 bits per heavy atom. The van der Waals surface area contributed by atoms with Crippen LogP contribution < -0.4 is 11.1 Å². The Morgan fingerprint density at radius 2 is 2.24 bits per heavy atom. The van der Waals surface area contributed by atoms with Gasteiger partial charge in [-0.05, 0) is 19.3 Å². The van der Waals surface area contributed by atoms with Crippen LogP contribution in [0.3, 0.4) is 0 Å². The molecule has 0 bridgehead atoms. The molecule has 7 heteroatoms. The fourth-order valence-corrected chi connectivity index (χ4v) is 3.01. The monoisotopic (exact) mass is 267 g/mol. The van der Waals surface area contributed by atoms with Gasteiger partial charge >= 0.3 is 0 Å². The first-order chi connectivity index (χ1) is 8.24. The number of hydrogen-bond donors (Lipinski definition) is 2. The predicted octanol–water partition coefficient (Wildman–Crippen LogP) is 2.40. The maximum absolute atomic E-state index is 6.00. The molecule has 0 saturated heterocycles. The third kappa shape index (κ3) is 1.94. The Labute approximate surface area is 107 Å². The minimum Gasteiger partial charge on any atom is -0.382 e. The summed E-state index contributed by atoms with van der Waals surface area (Å²) in [5, 5.41) is 4.24. The summed E-state index contributed by atoms with van der Waals surface area (Å²) in [5.74, 6) is 0.778. The van der Waals surface area contributed by atoms with Crippen LogP contribution in [0.4, 0.5) is 16.8 Å². The van der Waals surface area contributed by atoms with Gasteiger partial charge in [-0.3, -0.25) is 0 Å². The van der Waals surface area contributed by atoms with E-state index in [1.165, 1.54) is 23.3 Å². The van der Waals surface area contributed by atoms with Crippen molar-refractivity contribution in [3.05, 3.63) is 21.9 Å². The van der Waals surface area contributed by atoms with Gasteiger partial charge in [0.15, 0.2) is 10.9 Å². The molecule has 0 unspecified atom stereocenters. The van der Waals surface area contributed by atoms with Crippen LogP contribution in [-0.4, -0.2) is 15.0 Å². The van der Waals surface area contributed by atoms with E-state index in [4.69, 9.17) is 17.3 Å². The molecule has 5 nitrogen and oxygen atoms in total. The summed E-state index contributed by atoms with van der Waals surface area (Å²) < 4.78 is 0. The highest BCUT2D eigenvalue weighted by Gasteiger charge is 2.17. The largest absolute Gasteiger partial charge is 0.382 e. The zero-order chi connectivity index (χ0) is 11.8. The maximum atomic E-state index is 6.00. The van der Waals surface area contributed by atoms with Gasteiger partial charge in [0.1, 0.15) is 17.2 Å². The molecule has 3 N–H and O–H groups in total. The first kappa shape index (κ1) is 10.7.